The van der Waals surface area contributed by atoms with E-state index in [-0.39, 0.29) is 0 Å². The van der Waals surface area contributed by atoms with Gasteiger partial charge >= 0.3 is 0 Å². The second-order valence-electron chi connectivity index (χ2n) is 3.65. The second-order valence-corrected chi connectivity index (χ2v) is 3.65. The molecule has 0 bridgehead atoms. The summed E-state index contributed by atoms with van der Waals surface area (Å²) in [7, 11) is 0. The first-order valence-corrected chi connectivity index (χ1v) is 4.89. The Balaban J connectivity index is 2.44. The summed E-state index contributed by atoms with van der Waals surface area (Å²) in [5, 5.41) is 0. The minimum Gasteiger partial charge on any atom is -0.292 e. The number of hydrogen-bond donors (Lipinski definition) is 0. The zero-order chi connectivity index (χ0) is 10.4. The fourth-order valence-electron chi connectivity index (χ4n) is 1.08. The van der Waals surface area contributed by atoms with E-state index < -0.39 is 0 Å². The predicted octanol–water partition coefficient (Wildman–Crippen LogP) is 3.38. The molecule has 1 aromatic rings. The quantitative estimate of drug-likeness (QED) is 0.506. The zero-order valence-corrected chi connectivity index (χ0v) is 8.96. The highest BCUT2D eigenvalue weighted by Crippen LogP contribution is 2.01. The Morgan fingerprint density at radius 3 is 2.57 bits per heavy atom. The van der Waals surface area contributed by atoms with E-state index in [1.165, 1.54) is 11.1 Å². The summed E-state index contributed by atoms with van der Waals surface area (Å²) in [6.45, 7) is 8.79. The van der Waals surface area contributed by atoms with Crippen molar-refractivity contribution in [1.82, 2.24) is 0 Å². The Bertz CT molecular complexity index is 320. The van der Waals surface area contributed by atoms with E-state index in [0.717, 1.165) is 18.5 Å². The van der Waals surface area contributed by atoms with Crippen molar-refractivity contribution in [2.24, 2.45) is 4.99 Å². The highest BCUT2D eigenvalue weighted by Gasteiger charge is 1.87. The molecule has 0 aliphatic carbocycles. The van der Waals surface area contributed by atoms with Crippen LogP contribution in [-0.4, -0.2) is 12.8 Å². The maximum atomic E-state index is 4.33. The summed E-state index contributed by atoms with van der Waals surface area (Å²) in [5.74, 6) is 0. The first-order chi connectivity index (χ1) is 6.68. The van der Waals surface area contributed by atoms with Gasteiger partial charge in [-0.1, -0.05) is 35.4 Å². The topological polar surface area (TPSA) is 12.4 Å². The molecule has 1 rings (SSSR count). The van der Waals surface area contributed by atoms with Crippen LogP contribution in [0.25, 0.3) is 0 Å². The molecule has 0 amide bonds. The van der Waals surface area contributed by atoms with Gasteiger partial charge in [0.25, 0.3) is 0 Å². The van der Waals surface area contributed by atoms with Crippen LogP contribution in [-0.2, 0) is 0 Å². The van der Waals surface area contributed by atoms with Crippen LogP contribution in [0.1, 0.15) is 24.5 Å². The first kappa shape index (κ1) is 10.7. The number of hydrogen-bond acceptors (Lipinski definition) is 1. The minimum absolute atomic E-state index is 0.837. The summed E-state index contributed by atoms with van der Waals surface area (Å²) in [4.78, 5) is 4.33. The second kappa shape index (κ2) is 5.38. The molecular formula is C13H17N. The number of aliphatic imine (C=N–C) groups is 1. The third-order valence-electron chi connectivity index (χ3n) is 1.99. The fourth-order valence-corrected chi connectivity index (χ4v) is 1.08. The van der Waals surface area contributed by atoms with Gasteiger partial charge in [0, 0.05) is 12.8 Å². The monoisotopic (exact) mass is 187 g/mol. The molecule has 14 heavy (non-hydrogen) atoms. The predicted molar refractivity (Wildman–Crippen MR) is 63.1 cm³/mol. The van der Waals surface area contributed by atoms with E-state index in [1.807, 2.05) is 13.1 Å². The van der Waals surface area contributed by atoms with Crippen molar-refractivity contribution in [3.8, 4) is 0 Å². The first-order valence-electron chi connectivity index (χ1n) is 4.89. The molecule has 74 valence electrons. The molecule has 0 aliphatic heterocycles. The summed E-state index contributed by atoms with van der Waals surface area (Å²) in [6, 6.07) is 8.36. The van der Waals surface area contributed by atoms with Crippen molar-refractivity contribution >= 4 is 6.21 Å². The van der Waals surface area contributed by atoms with E-state index in [2.05, 4.69) is 42.8 Å². The van der Waals surface area contributed by atoms with Crippen molar-refractivity contribution in [3.05, 3.63) is 47.5 Å². The lowest BCUT2D eigenvalue weighted by Crippen LogP contribution is -1.85. The Labute approximate surface area is 86.2 Å². The molecule has 0 radical (unpaired) electrons. The molecule has 0 N–H and O–H groups in total. The molecule has 0 spiro atoms. The third-order valence-corrected chi connectivity index (χ3v) is 1.99. The van der Waals surface area contributed by atoms with Crippen LogP contribution in [0.5, 0.6) is 0 Å². The standard InChI is InChI=1S/C13H17N/c1-11(2)8-9-14-10-13-6-4-12(3)5-7-13/h4-7,10H,1,8-9H2,2-3H3/b14-10-. The summed E-state index contributed by atoms with van der Waals surface area (Å²) in [5.41, 5.74) is 3.63. The van der Waals surface area contributed by atoms with Crippen molar-refractivity contribution in [3.63, 3.8) is 0 Å². The van der Waals surface area contributed by atoms with Crippen LogP contribution in [0, 0.1) is 6.92 Å². The molecular weight excluding hydrogens is 170 g/mol. The van der Waals surface area contributed by atoms with Crippen LogP contribution < -0.4 is 0 Å². The van der Waals surface area contributed by atoms with Gasteiger partial charge in [-0.2, -0.15) is 0 Å². The molecule has 1 aromatic carbocycles. The van der Waals surface area contributed by atoms with Crippen molar-refractivity contribution in [1.29, 1.82) is 0 Å². The maximum Gasteiger partial charge on any atom is 0.0426 e. The minimum atomic E-state index is 0.837. The Morgan fingerprint density at radius 2 is 2.00 bits per heavy atom. The van der Waals surface area contributed by atoms with Crippen molar-refractivity contribution in [2.45, 2.75) is 20.3 Å². The van der Waals surface area contributed by atoms with Gasteiger partial charge in [-0.15, -0.1) is 6.58 Å². The zero-order valence-electron chi connectivity index (χ0n) is 8.96. The van der Waals surface area contributed by atoms with Crippen molar-refractivity contribution < 1.29 is 0 Å². The van der Waals surface area contributed by atoms with Gasteiger partial charge in [-0.05, 0) is 25.8 Å². The van der Waals surface area contributed by atoms with Gasteiger partial charge in [0.15, 0.2) is 0 Å². The van der Waals surface area contributed by atoms with E-state index >= 15 is 0 Å². The molecule has 0 fully saturated rings. The molecule has 0 atom stereocenters. The summed E-state index contributed by atoms with van der Waals surface area (Å²) in [6.07, 6.45) is 2.89. The molecule has 1 heteroatoms. The van der Waals surface area contributed by atoms with Gasteiger partial charge in [-0.25, -0.2) is 0 Å². The van der Waals surface area contributed by atoms with E-state index in [1.54, 1.807) is 0 Å². The van der Waals surface area contributed by atoms with Gasteiger partial charge < -0.3 is 0 Å². The van der Waals surface area contributed by atoms with Crippen LogP contribution in [0.15, 0.2) is 41.4 Å². The number of rotatable bonds is 4. The lowest BCUT2D eigenvalue weighted by Gasteiger charge is -1.95. The van der Waals surface area contributed by atoms with Gasteiger partial charge in [-0.3, -0.25) is 4.99 Å². The van der Waals surface area contributed by atoms with Gasteiger partial charge in [0.2, 0.25) is 0 Å². The molecule has 0 saturated carbocycles. The summed E-state index contributed by atoms with van der Waals surface area (Å²) < 4.78 is 0. The lowest BCUT2D eigenvalue weighted by molar-refractivity contribution is 0.959. The normalized spacial score (nSPS) is 10.7. The van der Waals surface area contributed by atoms with Gasteiger partial charge in [0.1, 0.15) is 0 Å². The number of aryl methyl sites for hydroxylation is 1. The Kier molecular flexibility index (Phi) is 4.11. The SMILES string of the molecule is C=C(C)CC/N=C\c1ccc(C)cc1. The van der Waals surface area contributed by atoms with Crippen LogP contribution >= 0.6 is 0 Å². The van der Waals surface area contributed by atoms with E-state index in [4.69, 9.17) is 0 Å². The van der Waals surface area contributed by atoms with Crippen LogP contribution in [0.4, 0.5) is 0 Å². The Hall–Kier alpha value is -1.37. The average Bonchev–Trinajstić information content (AvgIpc) is 2.15. The molecule has 0 aromatic heterocycles. The maximum absolute atomic E-state index is 4.33. The summed E-state index contributed by atoms with van der Waals surface area (Å²) >= 11 is 0. The number of benzene rings is 1. The van der Waals surface area contributed by atoms with Crippen molar-refractivity contribution in [2.75, 3.05) is 6.54 Å². The molecule has 0 aliphatic rings. The smallest absolute Gasteiger partial charge is 0.0426 e. The lowest BCUT2D eigenvalue weighted by atomic mass is 10.2. The fraction of sp³-hybridized carbons (Fsp3) is 0.308. The highest BCUT2D eigenvalue weighted by molar-refractivity contribution is 5.79. The molecule has 0 heterocycles. The van der Waals surface area contributed by atoms with Crippen LogP contribution in [0.3, 0.4) is 0 Å². The highest BCUT2D eigenvalue weighted by atomic mass is 14.7. The van der Waals surface area contributed by atoms with E-state index in [0.29, 0.717) is 0 Å². The Morgan fingerprint density at radius 1 is 1.36 bits per heavy atom. The van der Waals surface area contributed by atoms with E-state index in [9.17, 15) is 0 Å². The third kappa shape index (κ3) is 4.04. The largest absolute Gasteiger partial charge is 0.292 e. The number of nitrogens with zero attached hydrogens (tertiary/aromatic N) is 1. The van der Waals surface area contributed by atoms with Gasteiger partial charge in [0.05, 0.1) is 0 Å². The average molecular weight is 187 g/mol. The van der Waals surface area contributed by atoms with Crippen LogP contribution in [0.2, 0.25) is 0 Å². The molecule has 1 nitrogen and oxygen atoms in total. The molecule has 0 unspecified atom stereocenters. The molecule has 0 saturated heterocycles.